The quantitative estimate of drug-likeness (QED) is 0.887. The molecule has 2 N–H and O–H groups in total. The number of nitrogens with one attached hydrogen (secondary N) is 2. The van der Waals surface area contributed by atoms with Crippen molar-refractivity contribution in [3.8, 4) is 0 Å². The molecular formula is C10H15BrN4OS. The average Bonchev–Trinajstić information content (AvgIpc) is 2.76. The zero-order chi connectivity index (χ0) is 12.1. The number of urea groups is 1. The summed E-state index contributed by atoms with van der Waals surface area (Å²) in [7, 11) is 0. The molecule has 1 aromatic heterocycles. The summed E-state index contributed by atoms with van der Waals surface area (Å²) in [5, 5.41) is 2.93. The van der Waals surface area contributed by atoms with Gasteiger partial charge in [-0.25, -0.2) is 9.78 Å². The van der Waals surface area contributed by atoms with E-state index < -0.39 is 0 Å². The third-order valence-corrected chi connectivity index (χ3v) is 4.24. The Hall–Kier alpha value is -0.690. The van der Waals surface area contributed by atoms with Gasteiger partial charge in [0.1, 0.15) is 4.60 Å². The number of amides is 2. The molecule has 0 unspecified atom stereocenters. The lowest BCUT2D eigenvalue weighted by atomic mass is 10.3. The molecule has 0 radical (unpaired) electrons. The number of aromatic amines is 1. The predicted molar refractivity (Wildman–Crippen MR) is 72.3 cm³/mol. The number of hydrogen-bond acceptors (Lipinski definition) is 3. The Kier molecular flexibility index (Phi) is 4.73. The van der Waals surface area contributed by atoms with Crippen molar-refractivity contribution in [1.29, 1.82) is 0 Å². The van der Waals surface area contributed by atoms with Crippen LogP contribution in [0.5, 0.6) is 0 Å². The number of rotatable bonds is 3. The first-order valence-electron chi connectivity index (χ1n) is 5.55. The van der Waals surface area contributed by atoms with Crippen LogP contribution >= 0.6 is 27.7 Å². The van der Waals surface area contributed by atoms with E-state index in [0.29, 0.717) is 6.54 Å². The first-order chi connectivity index (χ1) is 8.27. The first kappa shape index (κ1) is 12.8. The van der Waals surface area contributed by atoms with E-state index in [9.17, 15) is 4.79 Å². The second-order valence-electron chi connectivity index (χ2n) is 3.75. The molecule has 2 heterocycles. The molecule has 1 aromatic rings. The topological polar surface area (TPSA) is 61.0 Å². The van der Waals surface area contributed by atoms with Gasteiger partial charge in [0, 0.05) is 37.6 Å². The number of hydrogen-bond donors (Lipinski definition) is 2. The first-order valence-corrected chi connectivity index (χ1v) is 7.50. The van der Waals surface area contributed by atoms with E-state index in [1.807, 2.05) is 16.7 Å². The highest BCUT2D eigenvalue weighted by molar-refractivity contribution is 9.10. The number of carbonyl (C=O) groups is 1. The lowest BCUT2D eigenvalue weighted by Gasteiger charge is -2.26. The van der Waals surface area contributed by atoms with E-state index in [1.54, 1.807) is 6.33 Å². The molecule has 1 fully saturated rings. The van der Waals surface area contributed by atoms with Crippen molar-refractivity contribution in [2.24, 2.45) is 0 Å². The molecule has 1 aliphatic heterocycles. The maximum atomic E-state index is 11.8. The van der Waals surface area contributed by atoms with Gasteiger partial charge in [0.2, 0.25) is 0 Å². The van der Waals surface area contributed by atoms with Crippen molar-refractivity contribution >= 4 is 33.7 Å². The van der Waals surface area contributed by atoms with Crippen LogP contribution in [0.1, 0.15) is 5.69 Å². The van der Waals surface area contributed by atoms with Gasteiger partial charge in [0.05, 0.1) is 12.0 Å². The zero-order valence-corrected chi connectivity index (χ0v) is 11.8. The van der Waals surface area contributed by atoms with Crippen LogP contribution in [0.2, 0.25) is 0 Å². The van der Waals surface area contributed by atoms with Crippen LogP contribution in [0, 0.1) is 0 Å². The molecule has 0 bridgehead atoms. The average molecular weight is 319 g/mol. The maximum absolute atomic E-state index is 11.8. The van der Waals surface area contributed by atoms with E-state index in [2.05, 4.69) is 31.2 Å². The standard InChI is InChI=1S/C10H15BrN4OS/c11-9-8(13-7-14-9)1-2-12-10(16)15-3-5-17-6-4-15/h7H,1-6H2,(H,12,16)(H,13,14). The smallest absolute Gasteiger partial charge is 0.317 e. The molecule has 2 rings (SSSR count). The van der Waals surface area contributed by atoms with Gasteiger partial charge in [-0.05, 0) is 15.9 Å². The van der Waals surface area contributed by atoms with Gasteiger partial charge < -0.3 is 15.2 Å². The minimum atomic E-state index is 0.0425. The summed E-state index contributed by atoms with van der Waals surface area (Å²) in [4.78, 5) is 20.7. The van der Waals surface area contributed by atoms with Crippen LogP contribution in [0.25, 0.3) is 0 Å². The molecule has 0 atom stereocenters. The fourth-order valence-electron chi connectivity index (χ4n) is 1.65. The Morgan fingerprint density at radius 2 is 2.35 bits per heavy atom. The molecule has 1 saturated heterocycles. The lowest BCUT2D eigenvalue weighted by molar-refractivity contribution is 0.203. The minimum absolute atomic E-state index is 0.0425. The number of halogens is 1. The Morgan fingerprint density at radius 1 is 1.59 bits per heavy atom. The Morgan fingerprint density at radius 3 is 3.00 bits per heavy atom. The van der Waals surface area contributed by atoms with Crippen molar-refractivity contribution < 1.29 is 4.79 Å². The maximum Gasteiger partial charge on any atom is 0.317 e. The Bertz CT molecular complexity index is 378. The van der Waals surface area contributed by atoms with E-state index in [0.717, 1.165) is 41.3 Å². The van der Waals surface area contributed by atoms with Gasteiger partial charge in [-0.3, -0.25) is 0 Å². The molecule has 2 amide bonds. The van der Waals surface area contributed by atoms with Crippen LogP contribution in [-0.4, -0.2) is 52.0 Å². The lowest BCUT2D eigenvalue weighted by Crippen LogP contribution is -2.44. The van der Waals surface area contributed by atoms with Gasteiger partial charge >= 0.3 is 6.03 Å². The van der Waals surface area contributed by atoms with Gasteiger partial charge in [-0.15, -0.1) is 0 Å². The fourth-order valence-corrected chi connectivity index (χ4v) is 2.97. The number of H-pyrrole nitrogens is 1. The minimum Gasteiger partial charge on any atom is -0.347 e. The molecule has 0 aromatic carbocycles. The monoisotopic (exact) mass is 318 g/mol. The van der Waals surface area contributed by atoms with Gasteiger partial charge in [0.15, 0.2) is 0 Å². The van der Waals surface area contributed by atoms with Crippen molar-refractivity contribution in [3.63, 3.8) is 0 Å². The summed E-state index contributed by atoms with van der Waals surface area (Å²) in [6.07, 6.45) is 2.40. The second-order valence-corrected chi connectivity index (χ2v) is 5.73. The molecule has 1 aliphatic rings. The van der Waals surface area contributed by atoms with Crippen molar-refractivity contribution in [2.45, 2.75) is 6.42 Å². The fraction of sp³-hybridized carbons (Fsp3) is 0.600. The summed E-state index contributed by atoms with van der Waals surface area (Å²) in [6, 6.07) is 0.0425. The number of nitrogens with zero attached hydrogens (tertiary/aromatic N) is 2. The van der Waals surface area contributed by atoms with Gasteiger partial charge in [-0.2, -0.15) is 11.8 Å². The van der Waals surface area contributed by atoms with Crippen LogP contribution in [0.15, 0.2) is 10.9 Å². The zero-order valence-electron chi connectivity index (χ0n) is 9.41. The number of carbonyl (C=O) groups excluding carboxylic acids is 1. The van der Waals surface area contributed by atoms with Crippen LogP contribution < -0.4 is 5.32 Å². The Balaban J connectivity index is 1.71. The molecule has 0 saturated carbocycles. The molecule has 5 nitrogen and oxygen atoms in total. The summed E-state index contributed by atoms with van der Waals surface area (Å²) in [6.45, 7) is 2.33. The molecule has 17 heavy (non-hydrogen) atoms. The van der Waals surface area contributed by atoms with E-state index in [-0.39, 0.29) is 6.03 Å². The molecule has 0 aliphatic carbocycles. The molecule has 0 spiro atoms. The summed E-state index contributed by atoms with van der Waals surface area (Å²) >= 11 is 5.24. The summed E-state index contributed by atoms with van der Waals surface area (Å²) in [5.41, 5.74) is 1.01. The van der Waals surface area contributed by atoms with Crippen LogP contribution in [-0.2, 0) is 6.42 Å². The highest BCUT2D eigenvalue weighted by Crippen LogP contribution is 2.11. The van der Waals surface area contributed by atoms with Crippen molar-refractivity contribution in [3.05, 3.63) is 16.6 Å². The van der Waals surface area contributed by atoms with E-state index in [1.165, 1.54) is 0 Å². The van der Waals surface area contributed by atoms with Crippen LogP contribution in [0.3, 0.4) is 0 Å². The molecule has 94 valence electrons. The molecule has 7 heteroatoms. The summed E-state index contributed by atoms with van der Waals surface area (Å²) in [5.74, 6) is 2.08. The largest absolute Gasteiger partial charge is 0.347 e. The third-order valence-electron chi connectivity index (χ3n) is 2.62. The number of aromatic nitrogens is 2. The third kappa shape index (κ3) is 3.64. The molecular weight excluding hydrogens is 304 g/mol. The number of thioether (sulfide) groups is 1. The van der Waals surface area contributed by atoms with Gasteiger partial charge in [0.25, 0.3) is 0 Å². The second kappa shape index (κ2) is 6.30. The summed E-state index contributed by atoms with van der Waals surface area (Å²) < 4.78 is 0.820. The SMILES string of the molecule is O=C(NCCc1[nH]cnc1Br)N1CCSCC1. The normalized spacial score (nSPS) is 15.9. The van der Waals surface area contributed by atoms with Crippen LogP contribution in [0.4, 0.5) is 4.79 Å². The highest BCUT2D eigenvalue weighted by Gasteiger charge is 2.15. The highest BCUT2D eigenvalue weighted by atomic mass is 79.9. The van der Waals surface area contributed by atoms with E-state index >= 15 is 0 Å². The van der Waals surface area contributed by atoms with E-state index in [4.69, 9.17) is 0 Å². The van der Waals surface area contributed by atoms with Gasteiger partial charge in [-0.1, -0.05) is 0 Å². The predicted octanol–water partition coefficient (Wildman–Crippen LogP) is 1.47. The van der Waals surface area contributed by atoms with Crippen molar-refractivity contribution in [2.75, 3.05) is 31.1 Å². The number of imidazole rings is 1. The van der Waals surface area contributed by atoms with Crippen molar-refractivity contribution in [1.82, 2.24) is 20.2 Å². The Labute approximate surface area is 113 Å².